The maximum absolute atomic E-state index is 12.5. The molecule has 1 saturated carbocycles. The van der Waals surface area contributed by atoms with Crippen LogP contribution in [0.1, 0.15) is 28.8 Å². The lowest BCUT2D eigenvalue weighted by Gasteiger charge is -2.35. The fourth-order valence-electron chi connectivity index (χ4n) is 2.93. The summed E-state index contributed by atoms with van der Waals surface area (Å²) in [5, 5.41) is 18.9. The first-order chi connectivity index (χ1) is 10.7. The van der Waals surface area contributed by atoms with E-state index in [2.05, 4.69) is 11.0 Å². The third-order valence-electron chi connectivity index (χ3n) is 4.51. The molecule has 1 aromatic carbocycles. The number of hydrogen-bond donors (Lipinski definition) is 1. The molecule has 0 bridgehead atoms. The molecule has 22 heavy (non-hydrogen) atoms. The van der Waals surface area contributed by atoms with Crippen LogP contribution >= 0.6 is 0 Å². The fourth-order valence-corrected chi connectivity index (χ4v) is 2.93. The minimum absolute atomic E-state index is 0.0144. The largest absolute Gasteiger partial charge is 0.392 e. The Labute approximate surface area is 130 Å². The van der Waals surface area contributed by atoms with E-state index in [0.29, 0.717) is 30.1 Å². The molecule has 1 heterocycles. The summed E-state index contributed by atoms with van der Waals surface area (Å²) in [5.74, 6) is 0.480. The van der Waals surface area contributed by atoms with Gasteiger partial charge in [0.15, 0.2) is 0 Å². The summed E-state index contributed by atoms with van der Waals surface area (Å²) < 4.78 is 0. The van der Waals surface area contributed by atoms with Gasteiger partial charge in [0.2, 0.25) is 0 Å². The second kappa shape index (κ2) is 6.47. The van der Waals surface area contributed by atoms with Gasteiger partial charge in [-0.15, -0.1) is 0 Å². The highest BCUT2D eigenvalue weighted by Crippen LogP contribution is 2.32. The predicted molar refractivity (Wildman–Crippen MR) is 82.2 cm³/mol. The van der Waals surface area contributed by atoms with Gasteiger partial charge in [-0.3, -0.25) is 9.69 Å². The van der Waals surface area contributed by atoms with Crippen LogP contribution < -0.4 is 0 Å². The molecule has 1 N–H and O–H groups in total. The molecule has 0 aromatic heterocycles. The molecule has 5 nitrogen and oxygen atoms in total. The first-order valence-electron chi connectivity index (χ1n) is 7.87. The Hall–Kier alpha value is -1.90. The molecule has 2 fully saturated rings. The average Bonchev–Trinajstić information content (AvgIpc) is 3.40. The number of nitriles is 1. The molecule has 0 spiro atoms. The lowest BCUT2D eigenvalue weighted by Crippen LogP contribution is -2.50. The van der Waals surface area contributed by atoms with E-state index in [1.807, 2.05) is 4.90 Å². The van der Waals surface area contributed by atoms with Crippen LogP contribution in [0.25, 0.3) is 0 Å². The van der Waals surface area contributed by atoms with E-state index in [-0.39, 0.29) is 12.0 Å². The zero-order valence-electron chi connectivity index (χ0n) is 12.6. The van der Waals surface area contributed by atoms with Crippen LogP contribution in [0.3, 0.4) is 0 Å². The van der Waals surface area contributed by atoms with Gasteiger partial charge in [0.05, 0.1) is 17.7 Å². The quantitative estimate of drug-likeness (QED) is 0.903. The molecule has 5 heteroatoms. The van der Waals surface area contributed by atoms with Crippen LogP contribution in [0.2, 0.25) is 0 Å². The molecule has 0 unspecified atom stereocenters. The normalized spacial score (nSPS) is 20.5. The van der Waals surface area contributed by atoms with Crippen LogP contribution in [0, 0.1) is 17.2 Å². The van der Waals surface area contributed by atoms with Crippen molar-refractivity contribution >= 4 is 5.91 Å². The van der Waals surface area contributed by atoms with Crippen LogP contribution in [0.15, 0.2) is 24.3 Å². The summed E-state index contributed by atoms with van der Waals surface area (Å²) in [6.45, 7) is 3.66. The van der Waals surface area contributed by atoms with E-state index < -0.39 is 0 Å². The van der Waals surface area contributed by atoms with Crippen molar-refractivity contribution in [2.45, 2.75) is 18.9 Å². The summed E-state index contributed by atoms with van der Waals surface area (Å²) in [5.41, 5.74) is 1.09. The second-order valence-corrected chi connectivity index (χ2v) is 6.19. The van der Waals surface area contributed by atoms with E-state index in [4.69, 9.17) is 5.26 Å². The Morgan fingerprint density at radius 3 is 2.68 bits per heavy atom. The summed E-state index contributed by atoms with van der Waals surface area (Å²) in [7, 11) is 0. The standard InChI is InChI=1S/C17H21N3O2/c18-11-13-2-1-3-15(10-13)17(22)20-8-6-19(7-9-20)12-16(21)14-4-5-14/h1-3,10,14,16,21H,4-9,12H2/t16-/m0/s1. The Balaban J connectivity index is 1.54. The van der Waals surface area contributed by atoms with E-state index in [1.54, 1.807) is 24.3 Å². The van der Waals surface area contributed by atoms with Gasteiger partial charge in [0, 0.05) is 38.3 Å². The zero-order valence-corrected chi connectivity index (χ0v) is 12.6. The number of hydrogen-bond acceptors (Lipinski definition) is 4. The maximum Gasteiger partial charge on any atom is 0.253 e. The average molecular weight is 299 g/mol. The maximum atomic E-state index is 12.5. The summed E-state index contributed by atoms with van der Waals surface area (Å²) in [6.07, 6.45) is 2.08. The van der Waals surface area contributed by atoms with Crippen molar-refractivity contribution in [3.05, 3.63) is 35.4 Å². The Morgan fingerprint density at radius 1 is 1.32 bits per heavy atom. The first-order valence-corrected chi connectivity index (χ1v) is 7.87. The van der Waals surface area contributed by atoms with Crippen LogP contribution in [0.4, 0.5) is 0 Å². The first kappa shape index (κ1) is 15.0. The third kappa shape index (κ3) is 3.46. The summed E-state index contributed by atoms with van der Waals surface area (Å²) >= 11 is 0. The number of aliphatic hydroxyl groups excluding tert-OH is 1. The summed E-state index contributed by atoms with van der Waals surface area (Å²) in [4.78, 5) is 16.5. The molecule has 0 radical (unpaired) electrons. The SMILES string of the molecule is N#Cc1cccc(C(=O)N2CCN(C[C@H](O)C3CC3)CC2)c1. The van der Waals surface area contributed by atoms with Gasteiger partial charge in [-0.2, -0.15) is 5.26 Å². The number of β-amino-alcohol motifs (C(OH)–C–C–N with tert-alkyl or cyclic N) is 1. The third-order valence-corrected chi connectivity index (χ3v) is 4.51. The lowest BCUT2D eigenvalue weighted by atomic mass is 10.1. The minimum Gasteiger partial charge on any atom is -0.392 e. The lowest BCUT2D eigenvalue weighted by molar-refractivity contribution is 0.0488. The van der Waals surface area contributed by atoms with Crippen LogP contribution in [-0.2, 0) is 0 Å². The van der Waals surface area contributed by atoms with Crippen LogP contribution in [-0.4, -0.2) is 59.6 Å². The fraction of sp³-hybridized carbons (Fsp3) is 0.529. The number of piperazine rings is 1. The van der Waals surface area contributed by atoms with Crippen molar-refractivity contribution < 1.29 is 9.90 Å². The second-order valence-electron chi connectivity index (χ2n) is 6.19. The van der Waals surface area contributed by atoms with Crippen molar-refractivity contribution in [3.8, 4) is 6.07 Å². The molecule has 1 amide bonds. The molecule has 1 saturated heterocycles. The van der Waals surface area contributed by atoms with Crippen molar-refractivity contribution in [1.29, 1.82) is 5.26 Å². The molecule has 1 aromatic rings. The molecular weight excluding hydrogens is 278 g/mol. The number of aliphatic hydroxyl groups is 1. The molecule has 1 atom stereocenters. The van der Waals surface area contributed by atoms with E-state index in [1.165, 1.54) is 0 Å². The highest BCUT2D eigenvalue weighted by Gasteiger charge is 2.32. The molecular formula is C17H21N3O2. The van der Waals surface area contributed by atoms with E-state index >= 15 is 0 Å². The number of benzene rings is 1. The van der Waals surface area contributed by atoms with Gasteiger partial charge in [0.1, 0.15) is 0 Å². The highest BCUT2D eigenvalue weighted by atomic mass is 16.3. The molecule has 2 aliphatic rings. The number of carbonyl (C=O) groups is 1. The van der Waals surface area contributed by atoms with Gasteiger partial charge >= 0.3 is 0 Å². The van der Waals surface area contributed by atoms with Gasteiger partial charge in [-0.1, -0.05) is 6.07 Å². The Morgan fingerprint density at radius 2 is 2.05 bits per heavy atom. The smallest absolute Gasteiger partial charge is 0.253 e. The van der Waals surface area contributed by atoms with Gasteiger partial charge in [0.25, 0.3) is 5.91 Å². The molecule has 1 aliphatic carbocycles. The van der Waals surface area contributed by atoms with E-state index in [0.717, 1.165) is 32.5 Å². The highest BCUT2D eigenvalue weighted by molar-refractivity contribution is 5.94. The number of nitrogens with zero attached hydrogens (tertiary/aromatic N) is 3. The molecule has 1 aliphatic heterocycles. The molecule has 116 valence electrons. The number of amides is 1. The number of carbonyl (C=O) groups excluding carboxylic acids is 1. The van der Waals surface area contributed by atoms with Gasteiger partial charge in [-0.25, -0.2) is 0 Å². The summed E-state index contributed by atoms with van der Waals surface area (Å²) in [6, 6.07) is 8.91. The van der Waals surface area contributed by atoms with E-state index in [9.17, 15) is 9.90 Å². The Kier molecular flexibility index (Phi) is 4.41. The van der Waals surface area contributed by atoms with Crippen LogP contribution in [0.5, 0.6) is 0 Å². The Bertz CT molecular complexity index is 584. The molecule has 3 rings (SSSR count). The van der Waals surface area contributed by atoms with Gasteiger partial charge < -0.3 is 10.0 Å². The van der Waals surface area contributed by atoms with Crippen molar-refractivity contribution in [2.75, 3.05) is 32.7 Å². The topological polar surface area (TPSA) is 67.6 Å². The van der Waals surface area contributed by atoms with Crippen molar-refractivity contribution in [2.24, 2.45) is 5.92 Å². The van der Waals surface area contributed by atoms with Gasteiger partial charge in [-0.05, 0) is 37.0 Å². The van der Waals surface area contributed by atoms with Crippen molar-refractivity contribution in [3.63, 3.8) is 0 Å². The minimum atomic E-state index is -0.213. The van der Waals surface area contributed by atoms with Crippen molar-refractivity contribution in [1.82, 2.24) is 9.80 Å². The zero-order chi connectivity index (χ0) is 15.5. The predicted octanol–water partition coefficient (Wildman–Crippen LogP) is 1.09. The number of rotatable bonds is 4. The monoisotopic (exact) mass is 299 g/mol.